The van der Waals surface area contributed by atoms with Gasteiger partial charge in [-0.3, -0.25) is 9.78 Å². The molecule has 0 spiro atoms. The highest BCUT2D eigenvalue weighted by Crippen LogP contribution is 2.27. The van der Waals surface area contributed by atoms with Crippen LogP contribution in [0.1, 0.15) is 17.7 Å². The van der Waals surface area contributed by atoms with Gasteiger partial charge in [0.1, 0.15) is 5.69 Å². The number of halogens is 3. The van der Waals surface area contributed by atoms with Crippen LogP contribution in [-0.4, -0.2) is 28.9 Å². The molecular weight excluding hydrogens is 259 g/mol. The summed E-state index contributed by atoms with van der Waals surface area (Å²) >= 11 is 0. The second-order valence-electron chi connectivity index (χ2n) is 4.63. The normalized spacial score (nSPS) is 20.1. The largest absolute Gasteiger partial charge is 0.433 e. The highest BCUT2D eigenvalue weighted by atomic mass is 19.4. The van der Waals surface area contributed by atoms with Crippen LogP contribution in [0.5, 0.6) is 0 Å². The number of hydrogen-bond acceptors (Lipinski definition) is 3. The number of likely N-dealkylation sites (tertiary alicyclic amines) is 1. The van der Waals surface area contributed by atoms with E-state index in [9.17, 15) is 18.0 Å². The maximum absolute atomic E-state index is 12.3. The monoisotopic (exact) mass is 273 g/mol. The van der Waals surface area contributed by atoms with Gasteiger partial charge in [-0.15, -0.1) is 0 Å². The molecule has 0 aromatic carbocycles. The second-order valence-corrected chi connectivity index (χ2v) is 4.63. The van der Waals surface area contributed by atoms with Crippen LogP contribution < -0.4 is 5.73 Å². The molecule has 0 bridgehead atoms. The number of nitrogens with zero attached hydrogens (tertiary/aromatic N) is 2. The van der Waals surface area contributed by atoms with Gasteiger partial charge in [0.05, 0.1) is 0 Å². The summed E-state index contributed by atoms with van der Waals surface area (Å²) in [6.45, 7) is 1.27. The lowest BCUT2D eigenvalue weighted by Crippen LogP contribution is -2.25. The van der Waals surface area contributed by atoms with E-state index in [-0.39, 0.29) is 18.4 Å². The topological polar surface area (TPSA) is 59.2 Å². The molecule has 1 aliphatic heterocycles. The van der Waals surface area contributed by atoms with Gasteiger partial charge < -0.3 is 10.6 Å². The van der Waals surface area contributed by atoms with Crippen molar-refractivity contribution < 1.29 is 18.0 Å². The van der Waals surface area contributed by atoms with Crippen molar-refractivity contribution in [2.45, 2.75) is 19.1 Å². The van der Waals surface area contributed by atoms with Gasteiger partial charge in [-0.25, -0.2) is 0 Å². The van der Waals surface area contributed by atoms with E-state index < -0.39 is 11.9 Å². The fourth-order valence-electron chi connectivity index (χ4n) is 2.07. The van der Waals surface area contributed by atoms with Crippen molar-refractivity contribution in [2.75, 3.05) is 13.1 Å². The van der Waals surface area contributed by atoms with Gasteiger partial charge in [0.15, 0.2) is 0 Å². The Morgan fingerprint density at radius 1 is 1.42 bits per heavy atom. The molecule has 1 aromatic rings. The third-order valence-corrected chi connectivity index (χ3v) is 3.12. The number of carbonyl (C=O) groups is 1. The van der Waals surface area contributed by atoms with Gasteiger partial charge in [-0.1, -0.05) is 6.07 Å². The van der Waals surface area contributed by atoms with Crippen molar-refractivity contribution in [1.29, 1.82) is 0 Å². The predicted molar refractivity (Wildman–Crippen MR) is 61.8 cm³/mol. The Bertz CT molecular complexity index is 458. The van der Waals surface area contributed by atoms with Crippen LogP contribution in [-0.2, 0) is 17.5 Å². The van der Waals surface area contributed by atoms with E-state index in [1.165, 1.54) is 6.07 Å². The molecule has 1 atom stereocenters. The number of amides is 1. The predicted octanol–water partition coefficient (Wildman–Crippen LogP) is 1.41. The fourth-order valence-corrected chi connectivity index (χ4v) is 2.07. The minimum absolute atomic E-state index is 0.0182. The Labute approximate surface area is 108 Å². The first-order valence-corrected chi connectivity index (χ1v) is 5.90. The van der Waals surface area contributed by atoms with Gasteiger partial charge >= 0.3 is 6.18 Å². The maximum Gasteiger partial charge on any atom is 0.433 e. The Hall–Kier alpha value is -1.63. The van der Waals surface area contributed by atoms with Crippen molar-refractivity contribution in [3.63, 3.8) is 0 Å². The zero-order valence-electron chi connectivity index (χ0n) is 10.2. The lowest BCUT2D eigenvalue weighted by atomic mass is 10.1. The van der Waals surface area contributed by atoms with Gasteiger partial charge in [-0.2, -0.15) is 13.2 Å². The summed E-state index contributed by atoms with van der Waals surface area (Å²) in [6.07, 6.45) is -2.87. The van der Waals surface area contributed by atoms with Crippen LogP contribution in [0.3, 0.4) is 0 Å². The van der Waals surface area contributed by atoms with Gasteiger partial charge in [0.2, 0.25) is 5.91 Å². The third-order valence-electron chi connectivity index (χ3n) is 3.12. The smallest absolute Gasteiger partial charge is 0.338 e. The van der Waals surface area contributed by atoms with Crippen molar-refractivity contribution in [1.82, 2.24) is 9.88 Å². The van der Waals surface area contributed by atoms with Gasteiger partial charge in [-0.05, 0) is 24.1 Å². The number of pyridine rings is 1. The Balaban J connectivity index is 2.02. The van der Waals surface area contributed by atoms with E-state index in [0.717, 1.165) is 12.3 Å². The molecule has 0 radical (unpaired) electrons. The minimum Gasteiger partial charge on any atom is -0.338 e. The van der Waals surface area contributed by atoms with E-state index in [4.69, 9.17) is 5.73 Å². The van der Waals surface area contributed by atoms with Crippen LogP contribution in [0.4, 0.5) is 13.2 Å². The summed E-state index contributed by atoms with van der Waals surface area (Å²) in [4.78, 5) is 16.6. The van der Waals surface area contributed by atoms with Crippen molar-refractivity contribution in [3.8, 4) is 0 Å². The summed E-state index contributed by atoms with van der Waals surface area (Å²) < 4.78 is 37.0. The summed E-state index contributed by atoms with van der Waals surface area (Å²) in [7, 11) is 0. The highest BCUT2D eigenvalue weighted by molar-refractivity contribution is 5.78. The zero-order valence-corrected chi connectivity index (χ0v) is 10.2. The standard InChI is InChI=1S/C12H14F3N3O/c13-12(14,15)10-2-1-8(5-17-10)6-18-7-9(4-16)3-11(18)19/h1-2,5,9H,3-4,6-7,16H2. The average molecular weight is 273 g/mol. The first-order valence-electron chi connectivity index (χ1n) is 5.90. The lowest BCUT2D eigenvalue weighted by Gasteiger charge is -2.16. The lowest BCUT2D eigenvalue weighted by molar-refractivity contribution is -0.141. The Morgan fingerprint density at radius 2 is 2.16 bits per heavy atom. The molecule has 1 fully saturated rings. The Morgan fingerprint density at radius 3 is 2.63 bits per heavy atom. The van der Waals surface area contributed by atoms with Crippen LogP contribution in [0.25, 0.3) is 0 Å². The van der Waals surface area contributed by atoms with Crippen molar-refractivity contribution >= 4 is 5.91 Å². The summed E-state index contributed by atoms with van der Waals surface area (Å²) in [5.74, 6) is 0.116. The molecule has 4 nitrogen and oxygen atoms in total. The molecule has 7 heteroatoms. The molecule has 1 saturated heterocycles. The minimum atomic E-state index is -4.44. The van der Waals surface area contributed by atoms with E-state index in [1.54, 1.807) is 4.90 Å². The molecule has 1 aromatic heterocycles. The van der Waals surface area contributed by atoms with E-state index in [2.05, 4.69) is 4.98 Å². The van der Waals surface area contributed by atoms with Crippen LogP contribution in [0.2, 0.25) is 0 Å². The zero-order chi connectivity index (χ0) is 14.0. The Kier molecular flexibility index (Phi) is 3.75. The van der Waals surface area contributed by atoms with E-state index >= 15 is 0 Å². The molecule has 1 amide bonds. The molecule has 1 aliphatic rings. The first kappa shape index (κ1) is 13.8. The molecule has 2 rings (SSSR count). The van der Waals surface area contributed by atoms with Crippen LogP contribution in [0, 0.1) is 5.92 Å². The first-order chi connectivity index (χ1) is 8.90. The van der Waals surface area contributed by atoms with Gasteiger partial charge in [0.25, 0.3) is 0 Å². The SMILES string of the molecule is NCC1CC(=O)N(Cc2ccc(C(F)(F)F)nc2)C1. The molecule has 19 heavy (non-hydrogen) atoms. The number of alkyl halides is 3. The van der Waals surface area contributed by atoms with Gasteiger partial charge in [0, 0.05) is 25.7 Å². The molecule has 2 N–H and O–H groups in total. The number of rotatable bonds is 3. The van der Waals surface area contributed by atoms with Crippen LogP contribution >= 0.6 is 0 Å². The average Bonchev–Trinajstić information content (AvgIpc) is 2.70. The quantitative estimate of drug-likeness (QED) is 0.905. The molecular formula is C12H14F3N3O. The van der Waals surface area contributed by atoms with Crippen LogP contribution in [0.15, 0.2) is 18.3 Å². The summed E-state index contributed by atoms with van der Waals surface area (Å²) in [6, 6.07) is 2.27. The number of hydrogen-bond donors (Lipinski definition) is 1. The fraction of sp³-hybridized carbons (Fsp3) is 0.500. The molecule has 1 unspecified atom stereocenters. The second kappa shape index (κ2) is 5.16. The molecule has 104 valence electrons. The third kappa shape index (κ3) is 3.23. The number of nitrogens with two attached hydrogens (primary N) is 1. The summed E-state index contributed by atoms with van der Waals surface area (Å²) in [5.41, 5.74) is 5.16. The molecule has 0 saturated carbocycles. The summed E-state index contributed by atoms with van der Waals surface area (Å²) in [5, 5.41) is 0. The number of aromatic nitrogens is 1. The number of carbonyl (C=O) groups excluding carboxylic acids is 1. The molecule has 2 heterocycles. The highest BCUT2D eigenvalue weighted by Gasteiger charge is 2.32. The van der Waals surface area contributed by atoms with E-state index in [0.29, 0.717) is 25.1 Å². The maximum atomic E-state index is 12.3. The molecule has 0 aliphatic carbocycles. The van der Waals surface area contributed by atoms with Crippen molar-refractivity contribution in [2.24, 2.45) is 11.7 Å². The van der Waals surface area contributed by atoms with E-state index in [1.807, 2.05) is 0 Å². The van der Waals surface area contributed by atoms with Crippen molar-refractivity contribution in [3.05, 3.63) is 29.6 Å².